The molecule has 2 aliphatic heterocycles. The van der Waals surface area contributed by atoms with Crippen LogP contribution >= 0.6 is 12.4 Å². The van der Waals surface area contributed by atoms with E-state index in [0.717, 1.165) is 57.0 Å². The van der Waals surface area contributed by atoms with Gasteiger partial charge < -0.3 is 39.9 Å². The summed E-state index contributed by atoms with van der Waals surface area (Å²) in [6, 6.07) is 4.79. The van der Waals surface area contributed by atoms with Gasteiger partial charge in [-0.25, -0.2) is 14.0 Å². The minimum Gasteiger partial charge on any atom is -0.508 e. The summed E-state index contributed by atoms with van der Waals surface area (Å²) in [5, 5.41) is 39.1. The van der Waals surface area contributed by atoms with E-state index in [-0.39, 0.29) is 46.5 Å². The largest absolute Gasteiger partial charge is 0.508 e. The van der Waals surface area contributed by atoms with Crippen LogP contribution in [0.15, 0.2) is 35.3 Å². The number of ether oxygens (including phenoxy) is 1. The summed E-state index contributed by atoms with van der Waals surface area (Å²) >= 11 is 0. The molecule has 3 fully saturated rings. The van der Waals surface area contributed by atoms with Crippen LogP contribution in [0, 0.1) is 11.7 Å². The zero-order valence-corrected chi connectivity index (χ0v) is 23.0. The molecule has 2 aromatic carbocycles. The molecule has 1 saturated carbocycles. The van der Waals surface area contributed by atoms with Crippen molar-refractivity contribution in [1.29, 1.82) is 0 Å². The number of aromatic hydroxyl groups is 2. The maximum absolute atomic E-state index is 15.3. The monoisotopic (exact) mass is 591 g/mol. The first-order valence-corrected chi connectivity index (χ1v) is 13.0. The Morgan fingerprint density at radius 2 is 1.71 bits per heavy atom. The predicted molar refractivity (Wildman–Crippen MR) is 151 cm³/mol. The molecule has 11 nitrogen and oxygen atoms in total. The van der Waals surface area contributed by atoms with Crippen LogP contribution in [0.5, 0.6) is 17.2 Å². The number of aromatic carboxylic acids is 2. The van der Waals surface area contributed by atoms with Crippen LogP contribution in [0.25, 0.3) is 10.9 Å². The van der Waals surface area contributed by atoms with E-state index in [4.69, 9.17) is 20.1 Å². The van der Waals surface area contributed by atoms with Crippen molar-refractivity contribution in [1.82, 2.24) is 9.88 Å². The third-order valence-electron chi connectivity index (χ3n) is 7.64. The molecular formula is C28H31ClFN3O8. The summed E-state index contributed by atoms with van der Waals surface area (Å²) < 4.78 is 22.8. The lowest BCUT2D eigenvalue weighted by Gasteiger charge is -2.25. The third-order valence-corrected chi connectivity index (χ3v) is 7.64. The summed E-state index contributed by atoms with van der Waals surface area (Å²) in [7, 11) is 1.48. The highest BCUT2D eigenvalue weighted by molar-refractivity contribution is 5.97. The standard InChI is InChI=1S/C21H24FN3O4.C7H6O4.ClH/c1-29-20-17-13(19(26)14(21(27)28)9-25(17)12-4-5-12)7-15(22)18(20)24-8-11-3-2-6-23-16(11)10-24;8-5-1-4(7(10)11)2-6(9)3-5;/h7,9,11-12,16,23H,2-6,8,10H2,1H3,(H,27,28);1-3,8-9H,(H,10,11);1H/t11-,16+;;/m0../s1. The fourth-order valence-corrected chi connectivity index (χ4v) is 5.67. The lowest BCUT2D eigenvalue weighted by Crippen LogP contribution is -2.40. The molecule has 3 heterocycles. The van der Waals surface area contributed by atoms with Gasteiger partial charge in [-0.15, -0.1) is 12.4 Å². The van der Waals surface area contributed by atoms with Crippen molar-refractivity contribution in [3.63, 3.8) is 0 Å². The highest BCUT2D eigenvalue weighted by Gasteiger charge is 2.38. The normalized spacial score (nSPS) is 19.5. The van der Waals surface area contributed by atoms with Gasteiger partial charge in [-0.2, -0.15) is 0 Å². The first kappa shape index (κ1) is 29.9. The zero-order chi connectivity index (χ0) is 28.7. The number of phenols is 2. The fraction of sp³-hybridized carbons (Fsp3) is 0.393. The maximum Gasteiger partial charge on any atom is 0.341 e. The number of carbonyl (C=O) groups is 2. The first-order valence-electron chi connectivity index (χ1n) is 13.0. The van der Waals surface area contributed by atoms with E-state index in [0.29, 0.717) is 35.5 Å². The molecule has 1 aliphatic carbocycles. The molecule has 41 heavy (non-hydrogen) atoms. The van der Waals surface area contributed by atoms with E-state index < -0.39 is 23.2 Å². The number of anilines is 1. The van der Waals surface area contributed by atoms with Crippen LogP contribution in [-0.2, 0) is 0 Å². The fourth-order valence-electron chi connectivity index (χ4n) is 5.67. The molecule has 6 rings (SSSR count). The van der Waals surface area contributed by atoms with Gasteiger partial charge in [-0.3, -0.25) is 4.79 Å². The average Bonchev–Trinajstić information content (AvgIpc) is 3.66. The van der Waals surface area contributed by atoms with Crippen LogP contribution in [0.2, 0.25) is 0 Å². The predicted octanol–water partition coefficient (Wildman–Crippen LogP) is 3.59. The van der Waals surface area contributed by atoms with Gasteiger partial charge in [0.25, 0.3) is 0 Å². The number of carboxylic acid groups (broad SMARTS) is 2. The maximum atomic E-state index is 15.3. The number of pyridine rings is 1. The van der Waals surface area contributed by atoms with Gasteiger partial charge in [-0.1, -0.05) is 0 Å². The Morgan fingerprint density at radius 3 is 2.27 bits per heavy atom. The number of carboxylic acids is 2. The Labute approximate surface area is 240 Å². The molecule has 3 aliphatic rings. The van der Waals surface area contributed by atoms with Gasteiger partial charge in [0, 0.05) is 37.4 Å². The molecule has 1 aromatic heterocycles. The van der Waals surface area contributed by atoms with E-state index in [1.807, 2.05) is 4.90 Å². The summed E-state index contributed by atoms with van der Waals surface area (Å²) in [5.74, 6) is -2.77. The molecule has 2 atom stereocenters. The lowest BCUT2D eigenvalue weighted by molar-refractivity contribution is 0.0684. The highest BCUT2D eigenvalue weighted by atomic mass is 35.5. The number of nitrogens with zero attached hydrogens (tertiary/aromatic N) is 2. The second kappa shape index (κ2) is 11.8. The quantitative estimate of drug-likeness (QED) is 0.296. The van der Waals surface area contributed by atoms with Crippen molar-refractivity contribution in [3.8, 4) is 17.2 Å². The smallest absolute Gasteiger partial charge is 0.341 e. The number of benzene rings is 2. The first-order chi connectivity index (χ1) is 19.1. The van der Waals surface area contributed by atoms with E-state index in [1.54, 1.807) is 4.57 Å². The summed E-state index contributed by atoms with van der Waals surface area (Å²) in [5.41, 5.74) is -0.292. The summed E-state index contributed by atoms with van der Waals surface area (Å²) in [6.45, 7) is 2.40. The van der Waals surface area contributed by atoms with Gasteiger partial charge in [-0.05, 0) is 56.3 Å². The Morgan fingerprint density at radius 1 is 1.02 bits per heavy atom. The van der Waals surface area contributed by atoms with Gasteiger partial charge in [0.15, 0.2) is 11.6 Å². The SMILES string of the molecule is COc1c(N2C[C@@H]3CCCN[C@@H]3C2)c(F)cc2c(=O)c(C(=O)O)cn(C3CC3)c12.Cl.O=C(O)c1cc(O)cc(O)c1. The molecule has 0 bridgehead atoms. The van der Waals surface area contributed by atoms with Gasteiger partial charge in [0.1, 0.15) is 22.7 Å². The number of phenolic OH excluding ortho intramolecular Hbond substituents is 2. The van der Waals surface area contributed by atoms with Crippen LogP contribution in [-0.4, -0.2) is 69.7 Å². The van der Waals surface area contributed by atoms with E-state index in [9.17, 15) is 19.5 Å². The molecule has 0 amide bonds. The second-order valence-electron chi connectivity index (χ2n) is 10.4. The second-order valence-corrected chi connectivity index (χ2v) is 10.4. The topological polar surface area (TPSA) is 162 Å². The number of nitrogens with one attached hydrogen (secondary N) is 1. The lowest BCUT2D eigenvalue weighted by atomic mass is 9.94. The number of halogens is 2. The number of fused-ring (bicyclic) bond motifs is 2. The van der Waals surface area contributed by atoms with Crippen LogP contribution in [0.3, 0.4) is 0 Å². The number of methoxy groups -OCH3 is 1. The molecule has 220 valence electrons. The zero-order valence-electron chi connectivity index (χ0n) is 22.2. The number of aromatic nitrogens is 1. The molecule has 0 unspecified atom stereocenters. The molecule has 5 N–H and O–H groups in total. The minimum atomic E-state index is -1.30. The van der Waals surface area contributed by atoms with Crippen molar-refractivity contribution in [3.05, 3.63) is 57.6 Å². The average molecular weight is 592 g/mol. The number of piperidine rings is 1. The van der Waals surface area contributed by atoms with Crippen LogP contribution in [0.4, 0.5) is 10.1 Å². The molecule has 0 spiro atoms. The van der Waals surface area contributed by atoms with Crippen molar-refractivity contribution in [2.24, 2.45) is 5.92 Å². The van der Waals surface area contributed by atoms with Gasteiger partial charge >= 0.3 is 11.9 Å². The van der Waals surface area contributed by atoms with Crippen LogP contribution in [0.1, 0.15) is 52.4 Å². The Hall–Kier alpha value is -4.03. The summed E-state index contributed by atoms with van der Waals surface area (Å²) in [6.07, 6.45) is 5.40. The molecular weight excluding hydrogens is 561 g/mol. The van der Waals surface area contributed by atoms with Crippen molar-refractivity contribution < 1.29 is 39.1 Å². The highest BCUT2D eigenvalue weighted by Crippen LogP contribution is 2.45. The van der Waals surface area contributed by atoms with E-state index in [1.165, 1.54) is 19.4 Å². The number of hydrogen-bond acceptors (Lipinski definition) is 8. The van der Waals surface area contributed by atoms with E-state index in [2.05, 4.69) is 5.32 Å². The molecule has 2 saturated heterocycles. The molecule has 0 radical (unpaired) electrons. The van der Waals surface area contributed by atoms with Crippen molar-refractivity contribution in [2.45, 2.75) is 37.8 Å². The Balaban J connectivity index is 0.000000274. The Kier molecular flexibility index (Phi) is 8.64. The number of hydrogen-bond donors (Lipinski definition) is 5. The summed E-state index contributed by atoms with van der Waals surface area (Å²) in [4.78, 5) is 36.6. The van der Waals surface area contributed by atoms with Crippen LogP contribution < -0.4 is 20.4 Å². The van der Waals surface area contributed by atoms with Crippen molar-refractivity contribution in [2.75, 3.05) is 31.6 Å². The third kappa shape index (κ3) is 5.89. The molecule has 3 aromatic rings. The molecule has 13 heteroatoms. The van der Waals surface area contributed by atoms with Gasteiger partial charge in [0.05, 0.1) is 23.6 Å². The number of rotatable bonds is 5. The van der Waals surface area contributed by atoms with Gasteiger partial charge in [0.2, 0.25) is 5.43 Å². The Bertz CT molecular complexity index is 1520. The van der Waals surface area contributed by atoms with Crippen molar-refractivity contribution >= 4 is 40.9 Å². The van der Waals surface area contributed by atoms with E-state index >= 15 is 4.39 Å². The minimum absolute atomic E-state index is 0.